The summed E-state index contributed by atoms with van der Waals surface area (Å²) in [5, 5.41) is 15.1. The van der Waals surface area contributed by atoms with Gasteiger partial charge in [0.25, 0.3) is 0 Å². The molecular weight excluding hydrogens is 250 g/mol. The van der Waals surface area contributed by atoms with Gasteiger partial charge in [-0.2, -0.15) is 5.10 Å². The van der Waals surface area contributed by atoms with E-state index in [-0.39, 0.29) is 5.69 Å². The number of carbonyl (C=O) groups is 1. The van der Waals surface area contributed by atoms with Crippen LogP contribution in [0.4, 0.5) is 0 Å². The average Bonchev–Trinajstić information content (AvgIpc) is 2.48. The summed E-state index contributed by atoms with van der Waals surface area (Å²) >= 11 is 3.19. The van der Waals surface area contributed by atoms with Gasteiger partial charge in [-0.25, -0.2) is 4.79 Å². The van der Waals surface area contributed by atoms with E-state index in [0.29, 0.717) is 23.4 Å². The van der Waals surface area contributed by atoms with Crippen LogP contribution in [-0.4, -0.2) is 27.8 Å². The molecule has 0 aromatic carbocycles. The number of nitrogens with one attached hydrogen (secondary N) is 1. The molecule has 1 rings (SSSR count). The Balaban J connectivity index is 2.84. The fourth-order valence-electron chi connectivity index (χ4n) is 1.07. The van der Waals surface area contributed by atoms with E-state index >= 15 is 0 Å². The van der Waals surface area contributed by atoms with Crippen LogP contribution < -0.4 is 5.73 Å². The van der Waals surface area contributed by atoms with Gasteiger partial charge in [-0.05, 0) is 34.8 Å². The van der Waals surface area contributed by atoms with Gasteiger partial charge < -0.3 is 10.8 Å². The third-order valence-electron chi connectivity index (χ3n) is 1.93. The Hall–Kier alpha value is -0.880. The highest BCUT2D eigenvalue weighted by atomic mass is 79.9. The van der Waals surface area contributed by atoms with Gasteiger partial charge in [0.05, 0.1) is 10.2 Å². The highest BCUT2D eigenvalue weighted by molar-refractivity contribution is 9.10. The van der Waals surface area contributed by atoms with Crippen molar-refractivity contribution in [3.05, 3.63) is 15.9 Å². The maximum absolute atomic E-state index is 10.7. The first kappa shape index (κ1) is 11.2. The molecule has 0 amide bonds. The minimum atomic E-state index is -1.04. The maximum Gasteiger partial charge on any atom is 0.357 e. The van der Waals surface area contributed by atoms with Crippen LogP contribution in [0.25, 0.3) is 0 Å². The molecule has 0 aliphatic heterocycles. The summed E-state index contributed by atoms with van der Waals surface area (Å²) in [6.45, 7) is 2.56. The number of aromatic nitrogens is 2. The number of aromatic amines is 1. The van der Waals surface area contributed by atoms with E-state index in [2.05, 4.69) is 26.1 Å². The average molecular weight is 262 g/mol. The van der Waals surface area contributed by atoms with Gasteiger partial charge in [0.2, 0.25) is 0 Å². The van der Waals surface area contributed by atoms with Crippen LogP contribution in [0.3, 0.4) is 0 Å². The van der Waals surface area contributed by atoms with Gasteiger partial charge >= 0.3 is 5.97 Å². The van der Waals surface area contributed by atoms with Crippen molar-refractivity contribution in [3.8, 4) is 0 Å². The second kappa shape index (κ2) is 4.56. The van der Waals surface area contributed by atoms with Crippen LogP contribution in [0.2, 0.25) is 0 Å². The van der Waals surface area contributed by atoms with Crippen molar-refractivity contribution in [2.45, 2.75) is 13.3 Å². The number of hydrogen-bond donors (Lipinski definition) is 3. The van der Waals surface area contributed by atoms with E-state index in [9.17, 15) is 4.79 Å². The first-order chi connectivity index (χ1) is 6.56. The first-order valence-electron chi connectivity index (χ1n) is 4.22. The Labute approximate surface area is 89.8 Å². The molecule has 0 aliphatic rings. The Morgan fingerprint density at radius 2 is 2.43 bits per heavy atom. The van der Waals surface area contributed by atoms with Crippen molar-refractivity contribution in [3.63, 3.8) is 0 Å². The molecule has 6 heteroatoms. The van der Waals surface area contributed by atoms with Crippen LogP contribution in [0, 0.1) is 5.92 Å². The lowest BCUT2D eigenvalue weighted by Gasteiger charge is -2.05. The van der Waals surface area contributed by atoms with E-state index in [1.165, 1.54) is 0 Å². The summed E-state index contributed by atoms with van der Waals surface area (Å²) in [6, 6.07) is 0. The predicted octanol–water partition coefficient (Wildman–Crippen LogP) is 1.01. The molecule has 0 fully saturated rings. The van der Waals surface area contributed by atoms with Crippen molar-refractivity contribution < 1.29 is 9.90 Å². The number of rotatable bonds is 4. The van der Waals surface area contributed by atoms with E-state index in [1.807, 2.05) is 6.92 Å². The normalized spacial score (nSPS) is 12.8. The molecule has 4 N–H and O–H groups in total. The van der Waals surface area contributed by atoms with Crippen LogP contribution >= 0.6 is 15.9 Å². The standard InChI is InChI=1S/C8H12BrN3O2/c1-4(3-10)2-5-6(9)7(8(13)14)12-11-5/h4H,2-3,10H2,1H3,(H,11,12)(H,13,14). The minimum absolute atomic E-state index is 0.0178. The molecule has 0 radical (unpaired) electrons. The molecule has 5 nitrogen and oxygen atoms in total. The second-order valence-electron chi connectivity index (χ2n) is 3.21. The van der Waals surface area contributed by atoms with Crippen molar-refractivity contribution in [2.75, 3.05) is 6.54 Å². The molecule has 0 spiro atoms. The SMILES string of the molecule is CC(CN)Cc1[nH]nc(C(=O)O)c1Br. The summed E-state index contributed by atoms with van der Waals surface area (Å²) in [6.07, 6.45) is 0.692. The number of nitrogens with zero attached hydrogens (tertiary/aromatic N) is 1. The zero-order chi connectivity index (χ0) is 10.7. The van der Waals surface area contributed by atoms with Crippen molar-refractivity contribution >= 4 is 21.9 Å². The van der Waals surface area contributed by atoms with Gasteiger partial charge in [0.15, 0.2) is 5.69 Å². The topological polar surface area (TPSA) is 92.0 Å². The van der Waals surface area contributed by atoms with Crippen LogP contribution in [0.15, 0.2) is 4.47 Å². The molecule has 78 valence electrons. The number of aromatic carboxylic acids is 1. The zero-order valence-electron chi connectivity index (χ0n) is 7.75. The predicted molar refractivity (Wildman–Crippen MR) is 55.2 cm³/mol. The highest BCUT2D eigenvalue weighted by Gasteiger charge is 2.17. The van der Waals surface area contributed by atoms with Crippen LogP contribution in [0.1, 0.15) is 23.1 Å². The Morgan fingerprint density at radius 1 is 1.79 bits per heavy atom. The number of H-pyrrole nitrogens is 1. The molecule has 1 aromatic heterocycles. The number of nitrogens with two attached hydrogens (primary N) is 1. The van der Waals surface area contributed by atoms with Crippen LogP contribution in [0.5, 0.6) is 0 Å². The van der Waals surface area contributed by atoms with Gasteiger partial charge in [-0.1, -0.05) is 6.92 Å². The third-order valence-corrected chi connectivity index (χ3v) is 2.79. The van der Waals surface area contributed by atoms with Crippen LogP contribution in [-0.2, 0) is 6.42 Å². The second-order valence-corrected chi connectivity index (χ2v) is 4.01. The molecule has 0 saturated carbocycles. The first-order valence-corrected chi connectivity index (χ1v) is 5.01. The molecule has 1 unspecified atom stereocenters. The molecule has 1 atom stereocenters. The minimum Gasteiger partial charge on any atom is -0.476 e. The number of carboxylic acids is 1. The van der Waals surface area contributed by atoms with E-state index in [1.54, 1.807) is 0 Å². The van der Waals surface area contributed by atoms with E-state index < -0.39 is 5.97 Å². The summed E-state index contributed by atoms with van der Waals surface area (Å²) < 4.78 is 0.519. The molecule has 1 heterocycles. The zero-order valence-corrected chi connectivity index (χ0v) is 9.34. The number of halogens is 1. The molecule has 0 bridgehead atoms. The Kier molecular flexibility index (Phi) is 3.65. The fraction of sp³-hybridized carbons (Fsp3) is 0.500. The molecule has 1 aromatic rings. The maximum atomic E-state index is 10.7. The third kappa shape index (κ3) is 2.33. The lowest BCUT2D eigenvalue weighted by atomic mass is 10.1. The quantitative estimate of drug-likeness (QED) is 0.755. The summed E-state index contributed by atoms with van der Waals surface area (Å²) in [7, 11) is 0. The lowest BCUT2D eigenvalue weighted by Crippen LogP contribution is -2.13. The summed E-state index contributed by atoms with van der Waals surface area (Å²) in [4.78, 5) is 10.7. The van der Waals surface area contributed by atoms with E-state index in [0.717, 1.165) is 5.69 Å². The molecular formula is C8H12BrN3O2. The monoisotopic (exact) mass is 261 g/mol. The summed E-state index contributed by atoms with van der Waals surface area (Å²) in [5.74, 6) is -0.742. The van der Waals surface area contributed by atoms with Crippen molar-refractivity contribution in [1.29, 1.82) is 0 Å². The Bertz CT molecular complexity index is 337. The smallest absolute Gasteiger partial charge is 0.357 e. The summed E-state index contributed by atoms with van der Waals surface area (Å²) in [5.41, 5.74) is 6.27. The Morgan fingerprint density at radius 3 is 2.86 bits per heavy atom. The van der Waals surface area contributed by atoms with Crippen molar-refractivity contribution in [1.82, 2.24) is 10.2 Å². The molecule has 0 saturated heterocycles. The number of carboxylic acid groups (broad SMARTS) is 1. The van der Waals surface area contributed by atoms with Crippen molar-refractivity contribution in [2.24, 2.45) is 11.7 Å². The van der Waals surface area contributed by atoms with E-state index in [4.69, 9.17) is 10.8 Å². The lowest BCUT2D eigenvalue weighted by molar-refractivity contribution is 0.0689. The van der Waals surface area contributed by atoms with Gasteiger partial charge in [-0.3, -0.25) is 5.10 Å². The highest BCUT2D eigenvalue weighted by Crippen LogP contribution is 2.21. The number of hydrogen-bond acceptors (Lipinski definition) is 3. The molecule has 0 aliphatic carbocycles. The van der Waals surface area contributed by atoms with Gasteiger partial charge in [-0.15, -0.1) is 0 Å². The fourth-order valence-corrected chi connectivity index (χ4v) is 1.58. The van der Waals surface area contributed by atoms with Gasteiger partial charge in [0, 0.05) is 0 Å². The van der Waals surface area contributed by atoms with Gasteiger partial charge in [0.1, 0.15) is 0 Å². The largest absolute Gasteiger partial charge is 0.476 e. The molecule has 14 heavy (non-hydrogen) atoms.